The Kier molecular flexibility index (Phi) is 5.11. The number of aromatic nitrogens is 1. The van der Waals surface area contributed by atoms with Gasteiger partial charge < -0.3 is 15.4 Å². The Morgan fingerprint density at radius 3 is 3.06 bits per heavy atom. The van der Waals surface area contributed by atoms with E-state index in [4.69, 9.17) is 4.74 Å². The molecule has 1 aliphatic rings. The lowest BCUT2D eigenvalue weighted by Crippen LogP contribution is -2.45. The van der Waals surface area contributed by atoms with E-state index in [1.165, 1.54) is 0 Å². The molecular weight excluding hydrogens is 226 g/mol. The summed E-state index contributed by atoms with van der Waals surface area (Å²) in [5.41, 5.74) is 1.09. The molecule has 1 aromatic heterocycles. The SMILES string of the molecule is CC(CC1COCCN1)N[C@H](C)c1ccccn1. The predicted molar refractivity (Wildman–Crippen MR) is 72.5 cm³/mol. The largest absolute Gasteiger partial charge is 0.379 e. The van der Waals surface area contributed by atoms with Crippen molar-refractivity contribution in [3.8, 4) is 0 Å². The minimum absolute atomic E-state index is 0.283. The first-order valence-electron chi connectivity index (χ1n) is 6.74. The Morgan fingerprint density at radius 2 is 2.39 bits per heavy atom. The van der Waals surface area contributed by atoms with Gasteiger partial charge in [-0.05, 0) is 32.4 Å². The van der Waals surface area contributed by atoms with E-state index in [1.54, 1.807) is 0 Å². The molecule has 1 aliphatic heterocycles. The summed E-state index contributed by atoms with van der Waals surface area (Å²) >= 11 is 0. The van der Waals surface area contributed by atoms with E-state index in [0.29, 0.717) is 12.1 Å². The molecule has 2 unspecified atom stereocenters. The van der Waals surface area contributed by atoms with E-state index in [1.807, 2.05) is 18.3 Å². The summed E-state index contributed by atoms with van der Waals surface area (Å²) < 4.78 is 5.47. The van der Waals surface area contributed by atoms with Crippen LogP contribution in [0.25, 0.3) is 0 Å². The summed E-state index contributed by atoms with van der Waals surface area (Å²) in [5.74, 6) is 0. The molecule has 18 heavy (non-hydrogen) atoms. The number of rotatable bonds is 5. The van der Waals surface area contributed by atoms with E-state index >= 15 is 0 Å². The van der Waals surface area contributed by atoms with Crippen LogP contribution in [0.3, 0.4) is 0 Å². The van der Waals surface area contributed by atoms with Gasteiger partial charge in [-0.1, -0.05) is 6.07 Å². The van der Waals surface area contributed by atoms with Crippen molar-refractivity contribution in [3.05, 3.63) is 30.1 Å². The molecule has 2 heterocycles. The van der Waals surface area contributed by atoms with Crippen LogP contribution in [0.5, 0.6) is 0 Å². The second kappa shape index (κ2) is 6.83. The van der Waals surface area contributed by atoms with Crippen molar-refractivity contribution in [1.82, 2.24) is 15.6 Å². The standard InChI is InChI=1S/C14H23N3O/c1-11(9-13-10-18-8-7-15-13)17-12(2)14-5-3-4-6-16-14/h3-6,11-13,15,17H,7-10H2,1-2H3/t11?,12-,13?/m1/s1. The number of morpholine rings is 1. The molecule has 0 aliphatic carbocycles. The average Bonchev–Trinajstić information content (AvgIpc) is 2.40. The normalized spacial score (nSPS) is 23.6. The van der Waals surface area contributed by atoms with Crippen LogP contribution in [-0.2, 0) is 4.74 Å². The van der Waals surface area contributed by atoms with Crippen LogP contribution in [0.1, 0.15) is 32.0 Å². The maximum absolute atomic E-state index is 5.47. The van der Waals surface area contributed by atoms with E-state index in [0.717, 1.165) is 31.9 Å². The van der Waals surface area contributed by atoms with Crippen molar-refractivity contribution in [2.24, 2.45) is 0 Å². The second-order valence-corrected chi connectivity index (χ2v) is 5.01. The maximum atomic E-state index is 5.47. The molecule has 0 amide bonds. The zero-order valence-electron chi connectivity index (χ0n) is 11.2. The minimum atomic E-state index is 0.283. The Hall–Kier alpha value is -0.970. The van der Waals surface area contributed by atoms with Crippen molar-refractivity contribution in [3.63, 3.8) is 0 Å². The molecule has 0 bridgehead atoms. The third-order valence-corrected chi connectivity index (χ3v) is 3.30. The highest BCUT2D eigenvalue weighted by Gasteiger charge is 2.17. The van der Waals surface area contributed by atoms with Gasteiger partial charge in [0, 0.05) is 30.9 Å². The molecule has 0 spiro atoms. The van der Waals surface area contributed by atoms with E-state index in [2.05, 4.69) is 35.5 Å². The van der Waals surface area contributed by atoms with E-state index in [-0.39, 0.29) is 6.04 Å². The molecule has 2 rings (SSSR count). The van der Waals surface area contributed by atoms with Gasteiger partial charge in [-0.25, -0.2) is 0 Å². The van der Waals surface area contributed by atoms with Gasteiger partial charge in [0.1, 0.15) is 0 Å². The second-order valence-electron chi connectivity index (χ2n) is 5.01. The lowest BCUT2D eigenvalue weighted by atomic mass is 10.1. The first-order valence-corrected chi connectivity index (χ1v) is 6.74. The zero-order chi connectivity index (χ0) is 12.8. The number of nitrogens with zero attached hydrogens (tertiary/aromatic N) is 1. The molecule has 0 radical (unpaired) electrons. The molecule has 4 heteroatoms. The molecule has 4 nitrogen and oxygen atoms in total. The molecule has 1 fully saturated rings. The van der Waals surface area contributed by atoms with Gasteiger partial charge in [-0.3, -0.25) is 4.98 Å². The molecular formula is C14H23N3O. The van der Waals surface area contributed by atoms with E-state index < -0.39 is 0 Å². The van der Waals surface area contributed by atoms with Gasteiger partial charge in [0.2, 0.25) is 0 Å². The molecule has 1 saturated heterocycles. The van der Waals surface area contributed by atoms with Crippen molar-refractivity contribution < 1.29 is 4.74 Å². The smallest absolute Gasteiger partial charge is 0.0620 e. The molecule has 1 aromatic rings. The van der Waals surface area contributed by atoms with Crippen LogP contribution in [0.2, 0.25) is 0 Å². The van der Waals surface area contributed by atoms with Crippen LogP contribution in [0, 0.1) is 0 Å². The molecule has 3 atom stereocenters. The molecule has 100 valence electrons. The summed E-state index contributed by atoms with van der Waals surface area (Å²) in [7, 11) is 0. The molecule has 0 saturated carbocycles. The number of ether oxygens (including phenoxy) is 1. The van der Waals surface area contributed by atoms with Gasteiger partial charge in [-0.15, -0.1) is 0 Å². The van der Waals surface area contributed by atoms with Crippen LogP contribution >= 0.6 is 0 Å². The molecule has 2 N–H and O–H groups in total. The summed E-state index contributed by atoms with van der Waals surface area (Å²) in [4.78, 5) is 4.38. The lowest BCUT2D eigenvalue weighted by Gasteiger charge is -2.28. The zero-order valence-corrected chi connectivity index (χ0v) is 11.2. The van der Waals surface area contributed by atoms with Gasteiger partial charge >= 0.3 is 0 Å². The highest BCUT2D eigenvalue weighted by atomic mass is 16.5. The Labute approximate surface area is 109 Å². The summed E-state index contributed by atoms with van der Waals surface area (Å²) in [6.45, 7) is 7.00. The Bertz CT molecular complexity index is 338. The number of hydrogen-bond donors (Lipinski definition) is 2. The van der Waals surface area contributed by atoms with Gasteiger partial charge in [-0.2, -0.15) is 0 Å². The van der Waals surface area contributed by atoms with Crippen molar-refractivity contribution in [2.45, 2.75) is 38.4 Å². The fourth-order valence-corrected chi connectivity index (χ4v) is 2.41. The van der Waals surface area contributed by atoms with Crippen LogP contribution in [-0.4, -0.2) is 36.8 Å². The van der Waals surface area contributed by atoms with Gasteiger partial charge in [0.15, 0.2) is 0 Å². The van der Waals surface area contributed by atoms with Crippen molar-refractivity contribution in [2.75, 3.05) is 19.8 Å². The topological polar surface area (TPSA) is 46.2 Å². The number of nitrogens with one attached hydrogen (secondary N) is 2. The van der Waals surface area contributed by atoms with Gasteiger partial charge in [0.05, 0.1) is 18.9 Å². The minimum Gasteiger partial charge on any atom is -0.379 e. The van der Waals surface area contributed by atoms with Gasteiger partial charge in [0.25, 0.3) is 0 Å². The van der Waals surface area contributed by atoms with Crippen molar-refractivity contribution >= 4 is 0 Å². The third kappa shape index (κ3) is 4.05. The summed E-state index contributed by atoms with van der Waals surface area (Å²) in [6, 6.07) is 7.24. The predicted octanol–water partition coefficient (Wildman–Crippen LogP) is 1.50. The maximum Gasteiger partial charge on any atom is 0.0620 e. The number of pyridine rings is 1. The quantitative estimate of drug-likeness (QED) is 0.830. The first kappa shape index (κ1) is 13.5. The number of hydrogen-bond acceptors (Lipinski definition) is 4. The highest BCUT2D eigenvalue weighted by molar-refractivity contribution is 5.07. The van der Waals surface area contributed by atoms with Crippen molar-refractivity contribution in [1.29, 1.82) is 0 Å². The Morgan fingerprint density at radius 1 is 1.50 bits per heavy atom. The van der Waals surface area contributed by atoms with Crippen LogP contribution < -0.4 is 10.6 Å². The average molecular weight is 249 g/mol. The fourth-order valence-electron chi connectivity index (χ4n) is 2.41. The summed E-state index contributed by atoms with van der Waals surface area (Å²) in [6.07, 6.45) is 2.92. The molecule has 0 aromatic carbocycles. The van der Waals surface area contributed by atoms with Crippen LogP contribution in [0.4, 0.5) is 0 Å². The van der Waals surface area contributed by atoms with E-state index in [9.17, 15) is 0 Å². The summed E-state index contributed by atoms with van der Waals surface area (Å²) in [5, 5.41) is 7.07. The fraction of sp³-hybridized carbons (Fsp3) is 0.643. The van der Waals surface area contributed by atoms with Crippen LogP contribution in [0.15, 0.2) is 24.4 Å². The Balaban J connectivity index is 1.78. The monoisotopic (exact) mass is 249 g/mol. The first-order chi connectivity index (χ1) is 8.75. The lowest BCUT2D eigenvalue weighted by molar-refractivity contribution is 0.0708. The highest BCUT2D eigenvalue weighted by Crippen LogP contribution is 2.11. The third-order valence-electron chi connectivity index (χ3n) is 3.30.